The van der Waals surface area contributed by atoms with E-state index in [2.05, 4.69) is 12.2 Å². The van der Waals surface area contributed by atoms with Crippen molar-refractivity contribution in [2.75, 3.05) is 6.54 Å². The zero-order valence-electron chi connectivity index (χ0n) is 12.6. The number of nitrogens with one attached hydrogen (secondary N) is 1. The molecule has 0 bridgehead atoms. The van der Waals surface area contributed by atoms with Crippen LogP contribution in [0.1, 0.15) is 51.9 Å². The van der Waals surface area contributed by atoms with Gasteiger partial charge in [0.25, 0.3) is 0 Å². The monoisotopic (exact) mass is 298 g/mol. The number of likely N-dealkylation sites (tertiary alicyclic amines) is 1. The number of carbonyl (C=O) groups excluding carboxylic acids is 1. The van der Waals surface area contributed by atoms with Gasteiger partial charge in [0, 0.05) is 19.0 Å². The van der Waals surface area contributed by atoms with Crippen LogP contribution < -0.4 is 5.32 Å². The lowest BCUT2D eigenvalue weighted by Crippen LogP contribution is -2.50. The highest BCUT2D eigenvalue weighted by Gasteiger charge is 2.39. The standard InChI is InChI=1S/C15H26N2O4/c1-2-3-10-4-6-11(7-5-10)16-15(21)17-9-12(18)8-13(17)14(19)20/h10-13,18H,2-9H2,1H3,(H,16,21)(H,19,20)/t10?,11?,12-,13-/m0/s1. The van der Waals surface area contributed by atoms with Crippen LogP contribution in [0.15, 0.2) is 0 Å². The molecule has 1 heterocycles. The van der Waals surface area contributed by atoms with Crippen molar-refractivity contribution in [2.24, 2.45) is 5.92 Å². The second kappa shape index (κ2) is 7.11. The van der Waals surface area contributed by atoms with E-state index >= 15 is 0 Å². The molecule has 2 fully saturated rings. The summed E-state index contributed by atoms with van der Waals surface area (Å²) in [4.78, 5) is 24.6. The number of aliphatic hydroxyl groups is 1. The molecule has 21 heavy (non-hydrogen) atoms. The Balaban J connectivity index is 1.83. The van der Waals surface area contributed by atoms with Gasteiger partial charge in [0.15, 0.2) is 0 Å². The average molecular weight is 298 g/mol. The Kier molecular flexibility index (Phi) is 5.45. The second-order valence-corrected chi connectivity index (χ2v) is 6.35. The van der Waals surface area contributed by atoms with Crippen LogP contribution in [0.2, 0.25) is 0 Å². The van der Waals surface area contributed by atoms with E-state index in [1.54, 1.807) is 0 Å². The average Bonchev–Trinajstić information content (AvgIpc) is 2.84. The highest BCUT2D eigenvalue weighted by atomic mass is 16.4. The Morgan fingerprint density at radius 1 is 1.24 bits per heavy atom. The number of β-amino-alcohol motifs (C(OH)–C–C–N with tert-alkyl or cyclic N) is 1. The van der Waals surface area contributed by atoms with Crippen LogP contribution >= 0.6 is 0 Å². The lowest BCUT2D eigenvalue weighted by atomic mass is 9.83. The summed E-state index contributed by atoms with van der Waals surface area (Å²) in [5.41, 5.74) is 0. The predicted octanol–water partition coefficient (Wildman–Crippen LogP) is 1.57. The molecule has 1 aliphatic heterocycles. The highest BCUT2D eigenvalue weighted by Crippen LogP contribution is 2.28. The molecule has 2 aliphatic rings. The minimum absolute atomic E-state index is 0.105. The number of carboxylic acid groups (broad SMARTS) is 1. The van der Waals surface area contributed by atoms with Crippen molar-refractivity contribution in [3.63, 3.8) is 0 Å². The maximum Gasteiger partial charge on any atom is 0.326 e. The summed E-state index contributed by atoms with van der Waals surface area (Å²) in [6.07, 6.45) is 6.01. The van der Waals surface area contributed by atoms with Crippen molar-refractivity contribution in [3.8, 4) is 0 Å². The first kappa shape index (κ1) is 16.1. The van der Waals surface area contributed by atoms with E-state index in [4.69, 9.17) is 5.11 Å². The number of carbonyl (C=O) groups is 2. The number of hydrogen-bond acceptors (Lipinski definition) is 3. The van der Waals surface area contributed by atoms with Gasteiger partial charge in [0.1, 0.15) is 6.04 Å². The molecule has 3 N–H and O–H groups in total. The molecular weight excluding hydrogens is 272 g/mol. The topological polar surface area (TPSA) is 89.9 Å². The highest BCUT2D eigenvalue weighted by molar-refractivity contribution is 5.83. The van der Waals surface area contributed by atoms with Gasteiger partial charge < -0.3 is 20.4 Å². The fourth-order valence-electron chi connectivity index (χ4n) is 3.53. The van der Waals surface area contributed by atoms with E-state index in [1.165, 1.54) is 17.7 Å². The van der Waals surface area contributed by atoms with Crippen LogP contribution in [0.5, 0.6) is 0 Å². The summed E-state index contributed by atoms with van der Waals surface area (Å²) >= 11 is 0. The molecular formula is C15H26N2O4. The molecule has 0 spiro atoms. The van der Waals surface area contributed by atoms with Crippen LogP contribution in [0.3, 0.4) is 0 Å². The smallest absolute Gasteiger partial charge is 0.326 e. The van der Waals surface area contributed by atoms with Crippen LogP contribution in [0, 0.1) is 5.92 Å². The third-order valence-corrected chi connectivity index (χ3v) is 4.70. The molecule has 0 aromatic rings. The number of urea groups is 1. The molecule has 120 valence electrons. The van der Waals surface area contributed by atoms with Gasteiger partial charge in [0.05, 0.1) is 6.10 Å². The van der Waals surface area contributed by atoms with E-state index < -0.39 is 18.1 Å². The van der Waals surface area contributed by atoms with Crippen molar-refractivity contribution < 1.29 is 19.8 Å². The Morgan fingerprint density at radius 3 is 2.48 bits per heavy atom. The van der Waals surface area contributed by atoms with Gasteiger partial charge in [-0.3, -0.25) is 0 Å². The van der Waals surface area contributed by atoms with Gasteiger partial charge in [-0.05, 0) is 31.6 Å². The van der Waals surface area contributed by atoms with Gasteiger partial charge in [0.2, 0.25) is 0 Å². The van der Waals surface area contributed by atoms with Crippen LogP contribution in [-0.4, -0.2) is 51.8 Å². The minimum Gasteiger partial charge on any atom is -0.480 e. The molecule has 6 nitrogen and oxygen atoms in total. The van der Waals surface area contributed by atoms with Crippen LogP contribution in [0.25, 0.3) is 0 Å². The number of carboxylic acids is 1. The molecule has 0 unspecified atom stereocenters. The quantitative estimate of drug-likeness (QED) is 0.735. The molecule has 0 radical (unpaired) electrons. The summed E-state index contributed by atoms with van der Waals surface area (Å²) in [5, 5.41) is 21.6. The summed E-state index contributed by atoms with van der Waals surface area (Å²) < 4.78 is 0. The Bertz CT molecular complexity index is 380. The first-order valence-electron chi connectivity index (χ1n) is 7.99. The van der Waals surface area contributed by atoms with E-state index in [0.717, 1.165) is 31.6 Å². The van der Waals surface area contributed by atoms with Gasteiger partial charge in [-0.2, -0.15) is 0 Å². The van der Waals surface area contributed by atoms with E-state index in [9.17, 15) is 14.7 Å². The van der Waals surface area contributed by atoms with Crippen LogP contribution in [0.4, 0.5) is 4.79 Å². The Labute approximate surface area is 125 Å². The number of nitrogens with zero attached hydrogens (tertiary/aromatic N) is 1. The second-order valence-electron chi connectivity index (χ2n) is 6.35. The summed E-state index contributed by atoms with van der Waals surface area (Å²) in [6, 6.07) is -1.12. The summed E-state index contributed by atoms with van der Waals surface area (Å²) in [7, 11) is 0. The maximum absolute atomic E-state index is 12.2. The van der Waals surface area contributed by atoms with Gasteiger partial charge >= 0.3 is 12.0 Å². The first-order chi connectivity index (χ1) is 10.0. The van der Waals surface area contributed by atoms with Crippen molar-refractivity contribution >= 4 is 12.0 Å². The molecule has 1 aliphatic carbocycles. The van der Waals surface area contributed by atoms with E-state index in [1.807, 2.05) is 0 Å². The maximum atomic E-state index is 12.2. The number of rotatable bonds is 4. The van der Waals surface area contributed by atoms with E-state index in [0.29, 0.717) is 0 Å². The van der Waals surface area contributed by atoms with E-state index in [-0.39, 0.29) is 25.0 Å². The normalized spacial score (nSPS) is 33.0. The van der Waals surface area contributed by atoms with Crippen molar-refractivity contribution in [1.82, 2.24) is 10.2 Å². The molecule has 0 aromatic heterocycles. The summed E-state index contributed by atoms with van der Waals surface area (Å²) in [5.74, 6) is -0.281. The molecule has 2 rings (SSSR count). The number of hydrogen-bond donors (Lipinski definition) is 3. The zero-order chi connectivity index (χ0) is 15.4. The predicted molar refractivity (Wildman–Crippen MR) is 77.9 cm³/mol. The first-order valence-corrected chi connectivity index (χ1v) is 7.99. The van der Waals surface area contributed by atoms with Crippen molar-refractivity contribution in [3.05, 3.63) is 0 Å². The lowest BCUT2D eigenvalue weighted by Gasteiger charge is -2.31. The fraction of sp³-hybridized carbons (Fsp3) is 0.867. The third-order valence-electron chi connectivity index (χ3n) is 4.70. The molecule has 0 aromatic carbocycles. The third kappa shape index (κ3) is 4.09. The number of aliphatic carboxylic acids is 1. The van der Waals surface area contributed by atoms with Gasteiger partial charge in [-0.25, -0.2) is 9.59 Å². The van der Waals surface area contributed by atoms with Gasteiger partial charge in [-0.1, -0.05) is 19.8 Å². The molecule has 6 heteroatoms. The van der Waals surface area contributed by atoms with Crippen molar-refractivity contribution in [2.45, 2.75) is 70.1 Å². The fourth-order valence-corrected chi connectivity index (χ4v) is 3.53. The molecule has 2 amide bonds. The molecule has 1 saturated carbocycles. The molecule has 2 atom stereocenters. The number of amides is 2. The van der Waals surface area contributed by atoms with Gasteiger partial charge in [-0.15, -0.1) is 0 Å². The lowest BCUT2D eigenvalue weighted by molar-refractivity contribution is -0.141. The largest absolute Gasteiger partial charge is 0.480 e. The van der Waals surface area contributed by atoms with Crippen LogP contribution in [-0.2, 0) is 4.79 Å². The molecule has 1 saturated heterocycles. The minimum atomic E-state index is -1.05. The van der Waals surface area contributed by atoms with Crippen molar-refractivity contribution in [1.29, 1.82) is 0 Å². The Morgan fingerprint density at radius 2 is 1.90 bits per heavy atom. The Hall–Kier alpha value is -1.30. The SMILES string of the molecule is CCCC1CCC(NC(=O)N2C[C@@H](O)C[C@H]2C(=O)O)CC1. The zero-order valence-corrected chi connectivity index (χ0v) is 12.6. The number of aliphatic hydroxyl groups excluding tert-OH is 1. The summed E-state index contributed by atoms with van der Waals surface area (Å²) in [6.45, 7) is 2.30.